The van der Waals surface area contributed by atoms with Crippen LogP contribution in [0.2, 0.25) is 0 Å². The fourth-order valence-corrected chi connectivity index (χ4v) is 4.21. The minimum atomic E-state index is -0.119. The van der Waals surface area contributed by atoms with Crippen LogP contribution in [0.15, 0.2) is 0 Å². The molecule has 4 unspecified atom stereocenters. The molecular weight excluding hydrogens is 212 g/mol. The number of fused-ring (bicyclic) bond motifs is 2. The van der Waals surface area contributed by atoms with Crippen molar-refractivity contribution in [2.75, 3.05) is 0 Å². The molecule has 1 N–H and O–H groups in total. The number of carbonyl (C=O) groups is 1. The van der Waals surface area contributed by atoms with Gasteiger partial charge in [0.15, 0.2) is 0 Å². The minimum Gasteiger partial charge on any atom is -0.333 e. The van der Waals surface area contributed by atoms with Gasteiger partial charge in [-0.3, -0.25) is 0 Å². The topological polar surface area (TPSA) is 32.3 Å². The number of amides is 2. The van der Waals surface area contributed by atoms with Gasteiger partial charge in [0.2, 0.25) is 0 Å². The van der Waals surface area contributed by atoms with Crippen LogP contribution < -0.4 is 5.32 Å². The Hall–Kier alpha value is -0.730. The standard InChI is InChI=1S/C14H24N2O/c1-14(2,3)15-13(17)16-11-7-9-4-5-12(16)10(6-9)8-11/h9-12H,4-8H2,1-3H3,(H,15,17). The third-order valence-electron chi connectivity index (χ3n) is 4.70. The van der Waals surface area contributed by atoms with Gasteiger partial charge in [0, 0.05) is 17.6 Å². The Morgan fingerprint density at radius 2 is 1.94 bits per heavy atom. The average Bonchev–Trinajstić information content (AvgIpc) is 2.34. The smallest absolute Gasteiger partial charge is 0.318 e. The number of hydrogen-bond acceptors (Lipinski definition) is 1. The van der Waals surface area contributed by atoms with Crippen LogP contribution >= 0.6 is 0 Å². The van der Waals surface area contributed by atoms with Crippen molar-refractivity contribution in [3.05, 3.63) is 0 Å². The molecule has 3 rings (SSSR count). The Balaban J connectivity index is 1.77. The van der Waals surface area contributed by atoms with E-state index in [1.165, 1.54) is 32.1 Å². The van der Waals surface area contributed by atoms with E-state index < -0.39 is 0 Å². The summed E-state index contributed by atoms with van der Waals surface area (Å²) in [5.74, 6) is 1.71. The van der Waals surface area contributed by atoms with Crippen LogP contribution in [-0.4, -0.2) is 28.6 Å². The van der Waals surface area contributed by atoms with Crippen LogP contribution in [0, 0.1) is 11.8 Å². The Morgan fingerprint density at radius 3 is 2.65 bits per heavy atom. The van der Waals surface area contributed by atoms with E-state index in [0.29, 0.717) is 12.1 Å². The highest BCUT2D eigenvalue weighted by atomic mass is 16.2. The number of likely N-dealkylation sites (tertiary alicyclic amines) is 1. The molecular formula is C14H24N2O. The highest BCUT2D eigenvalue weighted by Crippen LogP contribution is 2.50. The molecule has 2 saturated carbocycles. The SMILES string of the molecule is CC(C)(C)NC(=O)N1C2CC3CCC1C(C3)C2. The highest BCUT2D eigenvalue weighted by molar-refractivity contribution is 5.76. The molecule has 3 fully saturated rings. The molecule has 1 saturated heterocycles. The van der Waals surface area contributed by atoms with Crippen molar-refractivity contribution in [2.24, 2.45) is 11.8 Å². The van der Waals surface area contributed by atoms with Gasteiger partial charge >= 0.3 is 6.03 Å². The maximum atomic E-state index is 12.4. The van der Waals surface area contributed by atoms with Gasteiger partial charge in [-0.15, -0.1) is 0 Å². The van der Waals surface area contributed by atoms with E-state index in [2.05, 4.69) is 31.0 Å². The summed E-state index contributed by atoms with van der Waals surface area (Å²) < 4.78 is 0. The Kier molecular flexibility index (Phi) is 2.43. The van der Waals surface area contributed by atoms with Crippen molar-refractivity contribution in [2.45, 2.75) is 70.5 Å². The first-order valence-corrected chi connectivity index (χ1v) is 7.04. The van der Waals surface area contributed by atoms with Gasteiger partial charge in [-0.2, -0.15) is 0 Å². The van der Waals surface area contributed by atoms with E-state index in [1.54, 1.807) is 0 Å². The van der Waals surface area contributed by atoms with Crippen LogP contribution in [0.25, 0.3) is 0 Å². The summed E-state index contributed by atoms with van der Waals surface area (Å²) in [6.07, 6.45) is 6.48. The van der Waals surface area contributed by atoms with Gasteiger partial charge < -0.3 is 10.2 Å². The monoisotopic (exact) mass is 236 g/mol. The number of rotatable bonds is 0. The predicted octanol–water partition coefficient (Wildman–Crippen LogP) is 2.76. The number of urea groups is 1. The van der Waals surface area contributed by atoms with Crippen molar-refractivity contribution < 1.29 is 4.79 Å². The number of nitrogens with zero attached hydrogens (tertiary/aromatic N) is 1. The fraction of sp³-hybridized carbons (Fsp3) is 0.929. The maximum Gasteiger partial charge on any atom is 0.318 e. The van der Waals surface area contributed by atoms with Gasteiger partial charge in [0.25, 0.3) is 0 Å². The molecule has 4 atom stereocenters. The lowest BCUT2D eigenvalue weighted by Gasteiger charge is -2.33. The largest absolute Gasteiger partial charge is 0.333 e. The molecule has 3 heteroatoms. The van der Waals surface area contributed by atoms with Crippen LogP contribution in [-0.2, 0) is 0 Å². The molecule has 0 spiro atoms. The van der Waals surface area contributed by atoms with Crippen molar-refractivity contribution in [3.63, 3.8) is 0 Å². The molecule has 0 aromatic heterocycles. The Morgan fingerprint density at radius 1 is 1.18 bits per heavy atom. The van der Waals surface area contributed by atoms with Crippen LogP contribution in [0.5, 0.6) is 0 Å². The third-order valence-corrected chi connectivity index (χ3v) is 4.70. The number of hydrogen-bond donors (Lipinski definition) is 1. The summed E-state index contributed by atoms with van der Waals surface area (Å²) in [6, 6.07) is 1.26. The van der Waals surface area contributed by atoms with Gasteiger partial charge in [-0.25, -0.2) is 4.79 Å². The highest BCUT2D eigenvalue weighted by Gasteiger charge is 2.51. The first-order chi connectivity index (χ1) is 7.94. The predicted molar refractivity (Wildman–Crippen MR) is 67.8 cm³/mol. The summed E-state index contributed by atoms with van der Waals surface area (Å²) >= 11 is 0. The van der Waals surface area contributed by atoms with Crippen molar-refractivity contribution >= 4 is 6.03 Å². The fourth-order valence-electron chi connectivity index (χ4n) is 4.21. The minimum absolute atomic E-state index is 0.119. The third kappa shape index (κ3) is 1.94. The van der Waals surface area contributed by atoms with E-state index in [4.69, 9.17) is 0 Å². The second-order valence-corrected chi connectivity index (χ2v) is 7.22. The quantitative estimate of drug-likeness (QED) is 0.689. The summed E-state index contributed by atoms with van der Waals surface area (Å²) in [7, 11) is 0. The summed E-state index contributed by atoms with van der Waals surface area (Å²) in [4.78, 5) is 14.6. The molecule has 1 heterocycles. The van der Waals surface area contributed by atoms with Gasteiger partial charge in [-0.1, -0.05) is 0 Å². The second-order valence-electron chi connectivity index (χ2n) is 7.22. The first kappa shape index (κ1) is 11.4. The molecule has 0 aromatic rings. The van der Waals surface area contributed by atoms with E-state index in [0.717, 1.165) is 11.8 Å². The lowest BCUT2D eigenvalue weighted by Crippen LogP contribution is -2.52. The van der Waals surface area contributed by atoms with Gasteiger partial charge in [-0.05, 0) is 64.7 Å². The zero-order chi connectivity index (χ0) is 12.2. The van der Waals surface area contributed by atoms with E-state index in [9.17, 15) is 4.79 Å². The van der Waals surface area contributed by atoms with Crippen LogP contribution in [0.3, 0.4) is 0 Å². The lowest BCUT2D eigenvalue weighted by molar-refractivity contribution is 0.160. The molecule has 2 aliphatic carbocycles. The van der Waals surface area contributed by atoms with Gasteiger partial charge in [0.1, 0.15) is 0 Å². The molecule has 17 heavy (non-hydrogen) atoms. The molecule has 3 bridgehead atoms. The number of carbonyl (C=O) groups excluding carboxylic acids is 1. The molecule has 1 aliphatic heterocycles. The summed E-state index contributed by atoms with van der Waals surface area (Å²) in [5, 5.41) is 3.14. The Bertz CT molecular complexity index is 334. The first-order valence-electron chi connectivity index (χ1n) is 7.04. The zero-order valence-corrected chi connectivity index (χ0v) is 11.2. The second kappa shape index (κ2) is 3.63. The van der Waals surface area contributed by atoms with Crippen molar-refractivity contribution in [1.29, 1.82) is 0 Å². The van der Waals surface area contributed by atoms with E-state index >= 15 is 0 Å². The molecule has 0 aromatic carbocycles. The molecule has 0 radical (unpaired) electrons. The number of nitrogens with one attached hydrogen (secondary N) is 1. The average molecular weight is 236 g/mol. The maximum absolute atomic E-state index is 12.4. The lowest BCUT2D eigenvalue weighted by atomic mass is 9.72. The van der Waals surface area contributed by atoms with Crippen molar-refractivity contribution in [1.82, 2.24) is 10.2 Å². The van der Waals surface area contributed by atoms with E-state index in [-0.39, 0.29) is 11.6 Å². The molecule has 3 nitrogen and oxygen atoms in total. The van der Waals surface area contributed by atoms with Crippen molar-refractivity contribution in [3.8, 4) is 0 Å². The molecule has 2 amide bonds. The molecule has 3 aliphatic rings. The van der Waals surface area contributed by atoms with Crippen LogP contribution in [0.1, 0.15) is 52.9 Å². The molecule has 96 valence electrons. The van der Waals surface area contributed by atoms with E-state index in [1.807, 2.05) is 0 Å². The van der Waals surface area contributed by atoms with Gasteiger partial charge in [0.05, 0.1) is 0 Å². The Labute approximate surface area is 104 Å². The summed E-state index contributed by atoms with van der Waals surface area (Å²) in [6.45, 7) is 6.18. The van der Waals surface area contributed by atoms with Crippen LogP contribution in [0.4, 0.5) is 4.79 Å². The normalized spacial score (nSPS) is 39.6. The zero-order valence-electron chi connectivity index (χ0n) is 11.2. The summed E-state index contributed by atoms with van der Waals surface area (Å²) in [5.41, 5.74) is -0.119.